The van der Waals surface area contributed by atoms with E-state index in [0.29, 0.717) is 18.6 Å². The van der Waals surface area contributed by atoms with Gasteiger partial charge in [0.15, 0.2) is 5.16 Å². The van der Waals surface area contributed by atoms with Crippen molar-refractivity contribution >= 4 is 24.1 Å². The predicted molar refractivity (Wildman–Crippen MR) is 100 cm³/mol. The molecule has 3 aromatic rings. The summed E-state index contributed by atoms with van der Waals surface area (Å²) in [5, 5.41) is 0.744. The van der Waals surface area contributed by atoms with Crippen molar-refractivity contribution in [2.45, 2.75) is 17.5 Å². The quantitative estimate of drug-likeness (QED) is 0.365. The van der Waals surface area contributed by atoms with Crippen LogP contribution in [0.2, 0.25) is 0 Å². The summed E-state index contributed by atoms with van der Waals surface area (Å²) in [5.41, 5.74) is 7.14. The zero-order valence-corrected chi connectivity index (χ0v) is 14.8. The van der Waals surface area contributed by atoms with E-state index in [1.54, 1.807) is 11.8 Å². The molecule has 0 saturated carbocycles. The molecule has 3 rings (SSSR count). The SMILES string of the molecule is O=CNNC(=O)c1cnc(SCc2ccccc2)n1Cc1ccccc1. The van der Waals surface area contributed by atoms with Gasteiger partial charge in [-0.2, -0.15) is 0 Å². The van der Waals surface area contributed by atoms with Crippen LogP contribution in [0.4, 0.5) is 0 Å². The van der Waals surface area contributed by atoms with E-state index in [2.05, 4.69) is 28.0 Å². The Kier molecular flexibility index (Phi) is 6.05. The largest absolute Gasteiger partial charge is 0.310 e. The molecule has 2 N–H and O–H groups in total. The number of carbonyl (C=O) groups is 2. The highest BCUT2D eigenvalue weighted by Gasteiger charge is 2.17. The van der Waals surface area contributed by atoms with Crippen LogP contribution in [0.25, 0.3) is 0 Å². The summed E-state index contributed by atoms with van der Waals surface area (Å²) in [4.78, 5) is 27.1. The number of hydrazine groups is 1. The number of carbonyl (C=O) groups excluding carboxylic acids is 2. The van der Waals surface area contributed by atoms with Gasteiger partial charge in [0.05, 0.1) is 12.7 Å². The maximum atomic E-state index is 12.3. The highest BCUT2D eigenvalue weighted by atomic mass is 32.2. The fourth-order valence-electron chi connectivity index (χ4n) is 2.46. The second kappa shape index (κ2) is 8.87. The average molecular weight is 366 g/mol. The van der Waals surface area contributed by atoms with Crippen LogP contribution >= 0.6 is 11.8 Å². The standard InChI is InChI=1S/C19H18N4O2S/c24-14-21-22-18(25)17-11-20-19(26-13-16-9-5-2-6-10-16)23(17)12-15-7-3-1-4-8-15/h1-11,14H,12-13H2,(H,21,24)(H,22,25). The summed E-state index contributed by atoms with van der Waals surface area (Å²) in [6.45, 7) is 0.516. The van der Waals surface area contributed by atoms with Gasteiger partial charge in [0, 0.05) is 5.75 Å². The van der Waals surface area contributed by atoms with E-state index in [1.807, 2.05) is 53.1 Å². The van der Waals surface area contributed by atoms with Gasteiger partial charge in [-0.15, -0.1) is 0 Å². The molecule has 2 aromatic carbocycles. The number of imidazole rings is 1. The first-order valence-electron chi connectivity index (χ1n) is 8.03. The van der Waals surface area contributed by atoms with Crippen LogP contribution in [0.15, 0.2) is 72.0 Å². The lowest BCUT2D eigenvalue weighted by Crippen LogP contribution is -2.37. The Bertz CT molecular complexity index is 866. The van der Waals surface area contributed by atoms with Crippen LogP contribution in [0.1, 0.15) is 21.6 Å². The summed E-state index contributed by atoms with van der Waals surface area (Å²) in [6, 6.07) is 19.9. The monoisotopic (exact) mass is 366 g/mol. The number of aromatic nitrogens is 2. The van der Waals surface area contributed by atoms with E-state index in [-0.39, 0.29) is 0 Å². The van der Waals surface area contributed by atoms with Crippen molar-refractivity contribution in [1.29, 1.82) is 0 Å². The summed E-state index contributed by atoms with van der Waals surface area (Å²) in [7, 11) is 0. The van der Waals surface area contributed by atoms with Crippen molar-refractivity contribution < 1.29 is 9.59 Å². The Labute approximate surface area is 155 Å². The normalized spacial score (nSPS) is 10.3. The first-order chi connectivity index (χ1) is 12.8. The minimum atomic E-state index is -0.410. The molecule has 1 heterocycles. The van der Waals surface area contributed by atoms with Gasteiger partial charge >= 0.3 is 0 Å². The van der Waals surface area contributed by atoms with Gasteiger partial charge in [-0.05, 0) is 11.1 Å². The predicted octanol–water partition coefficient (Wildman–Crippen LogP) is 2.61. The molecule has 0 aliphatic rings. The molecule has 0 fully saturated rings. The van der Waals surface area contributed by atoms with Crippen LogP contribution in [0, 0.1) is 0 Å². The van der Waals surface area contributed by atoms with Gasteiger partial charge in [-0.3, -0.25) is 20.4 Å². The van der Waals surface area contributed by atoms with E-state index in [9.17, 15) is 9.59 Å². The minimum Gasteiger partial charge on any atom is -0.310 e. The number of rotatable bonds is 8. The van der Waals surface area contributed by atoms with Gasteiger partial charge in [0.2, 0.25) is 6.41 Å². The van der Waals surface area contributed by atoms with Crippen LogP contribution in [-0.4, -0.2) is 21.9 Å². The third-order valence-corrected chi connectivity index (χ3v) is 4.75. The summed E-state index contributed by atoms with van der Waals surface area (Å²) in [5.74, 6) is 0.340. The molecule has 2 amide bonds. The first-order valence-corrected chi connectivity index (χ1v) is 9.02. The fourth-order valence-corrected chi connectivity index (χ4v) is 3.39. The molecule has 0 atom stereocenters. The van der Waals surface area contributed by atoms with Gasteiger partial charge in [-0.25, -0.2) is 4.98 Å². The topological polar surface area (TPSA) is 76.0 Å². The van der Waals surface area contributed by atoms with E-state index in [1.165, 1.54) is 11.8 Å². The highest BCUT2D eigenvalue weighted by molar-refractivity contribution is 7.98. The lowest BCUT2D eigenvalue weighted by molar-refractivity contribution is -0.110. The van der Waals surface area contributed by atoms with Crippen molar-refractivity contribution in [3.05, 3.63) is 83.7 Å². The molecule has 0 aliphatic heterocycles. The molecule has 0 saturated heterocycles. The molecule has 26 heavy (non-hydrogen) atoms. The fraction of sp³-hybridized carbons (Fsp3) is 0.105. The third kappa shape index (κ3) is 4.52. The second-order valence-electron chi connectivity index (χ2n) is 5.49. The van der Waals surface area contributed by atoms with Crippen molar-refractivity contribution in [2.75, 3.05) is 0 Å². The Hall–Kier alpha value is -3.06. The minimum absolute atomic E-state index is 0.388. The second-order valence-corrected chi connectivity index (χ2v) is 6.43. The summed E-state index contributed by atoms with van der Waals surface area (Å²) >= 11 is 1.56. The van der Waals surface area contributed by atoms with Crippen LogP contribution in [0.5, 0.6) is 0 Å². The van der Waals surface area contributed by atoms with E-state index in [0.717, 1.165) is 16.5 Å². The van der Waals surface area contributed by atoms with Crippen molar-refractivity contribution in [3.63, 3.8) is 0 Å². The molecule has 6 nitrogen and oxygen atoms in total. The third-order valence-electron chi connectivity index (χ3n) is 3.69. The van der Waals surface area contributed by atoms with Crippen molar-refractivity contribution in [1.82, 2.24) is 20.4 Å². The molecule has 132 valence electrons. The van der Waals surface area contributed by atoms with Gasteiger partial charge in [0.1, 0.15) is 5.69 Å². The number of thioether (sulfide) groups is 1. The van der Waals surface area contributed by atoms with Crippen LogP contribution in [-0.2, 0) is 17.1 Å². The number of amides is 2. The average Bonchev–Trinajstić information content (AvgIpc) is 3.08. The Balaban J connectivity index is 1.84. The molecule has 1 aromatic heterocycles. The Morgan fingerprint density at radius 2 is 1.69 bits per heavy atom. The van der Waals surface area contributed by atoms with Gasteiger partial charge < -0.3 is 4.57 Å². The number of benzene rings is 2. The first kappa shape index (κ1) is 17.8. The van der Waals surface area contributed by atoms with Crippen LogP contribution < -0.4 is 10.9 Å². The number of nitrogens with zero attached hydrogens (tertiary/aromatic N) is 2. The number of hydrogen-bond donors (Lipinski definition) is 2. The zero-order chi connectivity index (χ0) is 18.2. The molecular formula is C19H18N4O2S. The molecule has 0 radical (unpaired) electrons. The Morgan fingerprint density at radius 3 is 2.35 bits per heavy atom. The molecular weight excluding hydrogens is 348 g/mol. The van der Waals surface area contributed by atoms with Crippen molar-refractivity contribution in [2.24, 2.45) is 0 Å². The highest BCUT2D eigenvalue weighted by Crippen LogP contribution is 2.24. The molecule has 0 bridgehead atoms. The van der Waals surface area contributed by atoms with E-state index in [4.69, 9.17) is 0 Å². The number of hydrogen-bond acceptors (Lipinski definition) is 4. The zero-order valence-electron chi connectivity index (χ0n) is 14.0. The maximum Gasteiger partial charge on any atom is 0.287 e. The molecule has 7 heteroatoms. The van der Waals surface area contributed by atoms with Gasteiger partial charge in [0.25, 0.3) is 5.91 Å². The Morgan fingerprint density at radius 1 is 1.04 bits per heavy atom. The van der Waals surface area contributed by atoms with Gasteiger partial charge in [-0.1, -0.05) is 72.4 Å². The molecule has 0 spiro atoms. The number of nitrogens with one attached hydrogen (secondary N) is 2. The molecule has 0 unspecified atom stereocenters. The summed E-state index contributed by atoms with van der Waals surface area (Å²) in [6.07, 6.45) is 1.94. The molecule has 0 aliphatic carbocycles. The van der Waals surface area contributed by atoms with Crippen molar-refractivity contribution in [3.8, 4) is 0 Å². The lowest BCUT2D eigenvalue weighted by atomic mass is 10.2. The summed E-state index contributed by atoms with van der Waals surface area (Å²) < 4.78 is 1.85. The smallest absolute Gasteiger partial charge is 0.287 e. The lowest BCUT2D eigenvalue weighted by Gasteiger charge is -2.12. The van der Waals surface area contributed by atoms with E-state index >= 15 is 0 Å². The van der Waals surface area contributed by atoms with E-state index < -0.39 is 5.91 Å². The van der Waals surface area contributed by atoms with Crippen LogP contribution in [0.3, 0.4) is 0 Å². The maximum absolute atomic E-state index is 12.3.